The van der Waals surface area contributed by atoms with Gasteiger partial charge >= 0.3 is 5.97 Å². The molecule has 0 fully saturated rings. The van der Waals surface area contributed by atoms with Gasteiger partial charge in [-0.25, -0.2) is 4.39 Å². The molecule has 2 aromatic carbocycles. The summed E-state index contributed by atoms with van der Waals surface area (Å²) in [4.78, 5) is 31.3. The summed E-state index contributed by atoms with van der Waals surface area (Å²) < 4.78 is 14.8. The Hall–Kier alpha value is -4.20. The lowest BCUT2D eigenvalue weighted by Crippen LogP contribution is -2.47. The molecule has 40 heavy (non-hydrogen) atoms. The van der Waals surface area contributed by atoms with E-state index in [0.29, 0.717) is 34.7 Å². The summed E-state index contributed by atoms with van der Waals surface area (Å²) >= 11 is 0. The zero-order valence-corrected chi connectivity index (χ0v) is 21.8. The summed E-state index contributed by atoms with van der Waals surface area (Å²) in [7, 11) is 0. The minimum absolute atomic E-state index is 0.0158. The number of carboxylic acid groups (broad SMARTS) is 1. The van der Waals surface area contributed by atoms with Gasteiger partial charge < -0.3 is 41.4 Å². The van der Waals surface area contributed by atoms with Crippen molar-refractivity contribution in [3.05, 3.63) is 59.5 Å². The summed E-state index contributed by atoms with van der Waals surface area (Å²) in [6.07, 6.45) is -1.75. The number of aromatic hydroxyl groups is 1. The highest BCUT2D eigenvalue weighted by Crippen LogP contribution is 2.27. The van der Waals surface area contributed by atoms with Crippen LogP contribution >= 0.6 is 0 Å². The van der Waals surface area contributed by atoms with Crippen LogP contribution in [0, 0.1) is 5.82 Å². The van der Waals surface area contributed by atoms with Gasteiger partial charge in [-0.05, 0) is 43.2 Å². The molecule has 3 aromatic rings. The molecule has 4 rings (SSSR count). The number of aliphatic carboxylic acids is 1. The number of hydrogen-bond donors (Lipinski definition) is 9. The van der Waals surface area contributed by atoms with E-state index in [1.165, 1.54) is 12.1 Å². The number of hydrogen-bond acceptors (Lipinski definition) is 9. The lowest BCUT2D eigenvalue weighted by atomic mass is 10.0. The van der Waals surface area contributed by atoms with Gasteiger partial charge in [0.25, 0.3) is 0 Å². The van der Waals surface area contributed by atoms with Crippen LogP contribution in [-0.4, -0.2) is 75.0 Å². The molecule has 214 valence electrons. The Labute approximate surface area is 229 Å². The van der Waals surface area contributed by atoms with Crippen molar-refractivity contribution in [2.75, 3.05) is 25.0 Å². The van der Waals surface area contributed by atoms with E-state index in [9.17, 15) is 34.4 Å². The van der Waals surface area contributed by atoms with Gasteiger partial charge in [0.2, 0.25) is 5.91 Å². The highest BCUT2D eigenvalue weighted by molar-refractivity contribution is 5.94. The molecule has 4 atom stereocenters. The minimum atomic E-state index is -1.21. The predicted molar refractivity (Wildman–Crippen MR) is 146 cm³/mol. The molecule has 13 heteroatoms. The smallest absolute Gasteiger partial charge is 0.322 e. The number of anilines is 1. The van der Waals surface area contributed by atoms with Crippen LogP contribution in [0.2, 0.25) is 0 Å². The van der Waals surface area contributed by atoms with Gasteiger partial charge in [0, 0.05) is 48.2 Å². The maximum atomic E-state index is 14.8. The van der Waals surface area contributed by atoms with Crippen molar-refractivity contribution < 1.29 is 34.4 Å². The number of halogens is 1. The van der Waals surface area contributed by atoms with Gasteiger partial charge in [-0.1, -0.05) is 12.1 Å². The molecule has 1 aliphatic heterocycles. The van der Waals surface area contributed by atoms with E-state index in [-0.39, 0.29) is 37.4 Å². The molecule has 0 saturated heterocycles. The van der Waals surface area contributed by atoms with E-state index in [4.69, 9.17) is 0 Å². The molecule has 4 unspecified atom stereocenters. The average molecular weight is 557 g/mol. The van der Waals surface area contributed by atoms with E-state index in [2.05, 4.69) is 31.2 Å². The van der Waals surface area contributed by atoms with Crippen molar-refractivity contribution in [3.63, 3.8) is 0 Å². The molecule has 0 radical (unpaired) electrons. The summed E-state index contributed by atoms with van der Waals surface area (Å²) in [5.41, 5.74) is 1.63. The fraction of sp³-hybridized carbons (Fsp3) is 0.370. The van der Waals surface area contributed by atoms with E-state index in [1.807, 2.05) is 0 Å². The molecule has 0 bridgehead atoms. The quantitative estimate of drug-likeness (QED) is 0.168. The number of aromatic amines is 1. The van der Waals surface area contributed by atoms with E-state index in [0.717, 1.165) is 0 Å². The predicted octanol–water partition coefficient (Wildman–Crippen LogP) is 1.48. The Morgan fingerprint density at radius 2 is 2.00 bits per heavy atom. The number of H-pyrrole nitrogens is 1. The van der Waals surface area contributed by atoms with Crippen LogP contribution in [0.1, 0.15) is 43.2 Å². The molecule has 0 spiro atoms. The zero-order chi connectivity index (χ0) is 28.8. The van der Waals surface area contributed by atoms with Crippen LogP contribution in [0.5, 0.6) is 5.75 Å². The van der Waals surface area contributed by atoms with Crippen molar-refractivity contribution in [1.29, 1.82) is 0 Å². The first-order valence-corrected chi connectivity index (χ1v) is 12.9. The number of aliphatic hydroxyl groups is 2. The van der Waals surface area contributed by atoms with Crippen molar-refractivity contribution in [3.8, 4) is 5.75 Å². The van der Waals surface area contributed by atoms with Crippen molar-refractivity contribution in [2.24, 2.45) is 4.99 Å². The number of aromatic nitrogens is 1. The Morgan fingerprint density at radius 3 is 2.70 bits per heavy atom. The Kier molecular flexibility index (Phi) is 9.19. The molecule has 9 N–H and O–H groups in total. The maximum absolute atomic E-state index is 14.8. The van der Waals surface area contributed by atoms with E-state index < -0.39 is 42.0 Å². The number of nitrogens with one attached hydrogen (secondary N) is 5. The largest absolute Gasteiger partial charge is 0.508 e. The van der Waals surface area contributed by atoms with Crippen LogP contribution in [0.25, 0.3) is 10.9 Å². The first-order chi connectivity index (χ1) is 19.1. The second-order valence-electron chi connectivity index (χ2n) is 9.70. The van der Waals surface area contributed by atoms with Gasteiger partial charge in [0.05, 0.1) is 24.4 Å². The topological polar surface area (TPSA) is 191 Å². The van der Waals surface area contributed by atoms with Crippen LogP contribution in [0.3, 0.4) is 0 Å². The molecule has 1 amide bonds. The van der Waals surface area contributed by atoms with Gasteiger partial charge in [-0.3, -0.25) is 19.9 Å². The second-order valence-corrected chi connectivity index (χ2v) is 9.70. The molecular formula is C27H33FN6O6. The molecule has 2 heterocycles. The SMILES string of the molecule is CC(NC(CNC(=O)CCC(O)c1cc(O)cc(NC2=NCC(O)CN2)c1)C(=O)O)c1[nH]c2ccccc2c1F. The third kappa shape index (κ3) is 7.25. The number of carbonyl (C=O) groups excluding carboxylic acids is 1. The number of carbonyl (C=O) groups is 2. The van der Waals surface area contributed by atoms with Gasteiger partial charge in [-0.15, -0.1) is 0 Å². The number of guanidine groups is 1. The zero-order valence-electron chi connectivity index (χ0n) is 21.8. The van der Waals surface area contributed by atoms with E-state index >= 15 is 0 Å². The normalized spacial score (nSPS) is 17.4. The van der Waals surface area contributed by atoms with Crippen LogP contribution < -0.4 is 21.3 Å². The lowest BCUT2D eigenvalue weighted by Gasteiger charge is -2.21. The Bertz CT molecular complexity index is 1400. The number of aliphatic imine (C=N–C) groups is 1. The number of benzene rings is 2. The fourth-order valence-corrected chi connectivity index (χ4v) is 4.42. The van der Waals surface area contributed by atoms with Crippen molar-refractivity contribution in [1.82, 2.24) is 20.9 Å². The first kappa shape index (κ1) is 28.8. The maximum Gasteiger partial charge on any atom is 0.322 e. The number of rotatable bonds is 11. The van der Waals surface area contributed by atoms with Gasteiger partial charge in [0.15, 0.2) is 11.8 Å². The third-order valence-electron chi connectivity index (χ3n) is 6.55. The Morgan fingerprint density at radius 1 is 1.23 bits per heavy atom. The van der Waals surface area contributed by atoms with E-state index in [1.54, 1.807) is 37.3 Å². The number of carboxylic acids is 1. The number of β-amino-alcohol motifs (C(OH)–C–C–N with tert-alkyl or cyclic N) is 1. The van der Waals surface area contributed by atoms with Gasteiger partial charge in [-0.2, -0.15) is 0 Å². The van der Waals surface area contributed by atoms with Gasteiger partial charge in [0.1, 0.15) is 11.8 Å². The monoisotopic (exact) mass is 556 g/mol. The Balaban J connectivity index is 1.29. The number of fused-ring (bicyclic) bond motifs is 1. The summed E-state index contributed by atoms with van der Waals surface area (Å²) in [6, 6.07) is 9.38. The first-order valence-electron chi connectivity index (χ1n) is 12.9. The molecule has 1 aliphatic rings. The lowest BCUT2D eigenvalue weighted by molar-refractivity contribution is -0.139. The third-order valence-corrected chi connectivity index (χ3v) is 6.55. The molecule has 12 nitrogen and oxygen atoms in total. The number of aliphatic hydroxyl groups excluding tert-OH is 2. The summed E-state index contributed by atoms with van der Waals surface area (Å²) in [6.45, 7) is 1.93. The fourth-order valence-electron chi connectivity index (χ4n) is 4.42. The highest BCUT2D eigenvalue weighted by atomic mass is 19.1. The van der Waals surface area contributed by atoms with Crippen molar-refractivity contribution >= 4 is 34.4 Å². The standard InChI is InChI=1S/C27H33FN6O6/c1-14(25-24(28)19-4-2-3-5-20(19)34-25)32-21(26(39)40)13-29-23(38)7-6-22(37)15-8-16(10-17(35)9-15)33-27-30-11-18(36)12-31-27/h2-5,8-10,14,18,21-22,32,34-37H,6-7,11-13H2,1H3,(H,29,38)(H,39,40)(H2,30,31,33). The second kappa shape index (κ2) is 12.8. The van der Waals surface area contributed by atoms with Crippen LogP contribution in [0.15, 0.2) is 47.5 Å². The average Bonchev–Trinajstić information content (AvgIpc) is 3.27. The molecule has 0 aliphatic carbocycles. The molecular weight excluding hydrogens is 523 g/mol. The van der Waals surface area contributed by atoms with Crippen LogP contribution in [0.4, 0.5) is 10.1 Å². The summed E-state index contributed by atoms with van der Waals surface area (Å²) in [5.74, 6) is -1.84. The number of phenols is 1. The number of nitrogens with zero attached hydrogens (tertiary/aromatic N) is 1. The number of para-hydroxylation sites is 1. The van der Waals surface area contributed by atoms with Crippen LogP contribution in [-0.2, 0) is 9.59 Å². The molecule has 1 aromatic heterocycles. The number of amides is 1. The number of phenolic OH excluding ortho intramolecular Hbond substituents is 1. The van der Waals surface area contributed by atoms with Crippen molar-refractivity contribution in [2.45, 2.75) is 44.1 Å². The molecule has 0 saturated carbocycles. The minimum Gasteiger partial charge on any atom is -0.508 e. The highest BCUT2D eigenvalue weighted by Gasteiger charge is 2.24. The summed E-state index contributed by atoms with van der Waals surface area (Å²) in [5, 5.41) is 51.5.